The standard InChI is InChI=1S/C72H68F14O3/c1-5-7-13-45-23-31-57(61(73)41-45)49-25-19-47(20-26-49)39-51-15-9-11-17-59(51)69(77,78)65-63(33-29-53(67(65)75)43-55(35-37-87-3)71(81,82)83)89-64-34-30-54(44-56(36-38-88-4)72(84,85)86)68(76)66(64)70(79,80)60-18-12-10-16-52(60)40-48-21-27-50(28-22-48)58-32-24-46(14-8-6-2)42-62(58)74/h9-12,15-34,41-42,55-56H,5-8,13-14,35-40,43-44H2,1-4H3. The molecule has 8 aromatic rings. The van der Waals surface area contributed by atoms with Crippen LogP contribution in [0.5, 0.6) is 11.5 Å². The molecule has 2 atom stereocenters. The topological polar surface area (TPSA) is 27.7 Å². The molecule has 8 rings (SSSR count). The Morgan fingerprint density at radius 2 is 0.764 bits per heavy atom. The van der Waals surface area contributed by atoms with Crippen molar-refractivity contribution in [1.82, 2.24) is 0 Å². The van der Waals surface area contributed by atoms with Crippen molar-refractivity contribution in [1.29, 1.82) is 0 Å². The van der Waals surface area contributed by atoms with E-state index < -0.39 is 143 Å². The van der Waals surface area contributed by atoms with E-state index in [9.17, 15) is 26.3 Å². The zero-order chi connectivity index (χ0) is 64.3. The molecule has 0 amide bonds. The molecule has 3 nitrogen and oxygen atoms in total. The molecule has 0 aliphatic rings. The molecule has 8 aromatic carbocycles. The van der Waals surface area contributed by atoms with Crippen LogP contribution in [0.15, 0.2) is 158 Å². The van der Waals surface area contributed by atoms with Crippen molar-refractivity contribution in [2.75, 3.05) is 27.4 Å². The Kier molecular flexibility index (Phi) is 22.3. The second kappa shape index (κ2) is 29.4. The molecule has 17 heteroatoms. The van der Waals surface area contributed by atoms with Crippen molar-refractivity contribution in [3.63, 3.8) is 0 Å². The highest BCUT2D eigenvalue weighted by molar-refractivity contribution is 5.66. The van der Waals surface area contributed by atoms with Crippen molar-refractivity contribution >= 4 is 0 Å². The van der Waals surface area contributed by atoms with Gasteiger partial charge in [0.1, 0.15) is 45.9 Å². The summed E-state index contributed by atoms with van der Waals surface area (Å²) in [5.74, 6) is -21.1. The lowest BCUT2D eigenvalue weighted by Gasteiger charge is -2.28. The van der Waals surface area contributed by atoms with Gasteiger partial charge in [-0.25, -0.2) is 17.6 Å². The summed E-state index contributed by atoms with van der Waals surface area (Å²) in [5.41, 5.74) is -3.24. The van der Waals surface area contributed by atoms with E-state index in [1.165, 1.54) is 48.5 Å². The van der Waals surface area contributed by atoms with E-state index in [2.05, 4.69) is 0 Å². The predicted octanol–water partition coefficient (Wildman–Crippen LogP) is 21.0. The van der Waals surface area contributed by atoms with Gasteiger partial charge in [0.05, 0.1) is 11.8 Å². The van der Waals surface area contributed by atoms with Gasteiger partial charge in [0, 0.05) is 49.7 Å². The summed E-state index contributed by atoms with van der Waals surface area (Å²) >= 11 is 0. The van der Waals surface area contributed by atoms with Crippen molar-refractivity contribution < 1.29 is 75.7 Å². The average molecular weight is 1250 g/mol. The summed E-state index contributed by atoms with van der Waals surface area (Å²) in [7, 11) is 2.27. The fourth-order valence-corrected chi connectivity index (χ4v) is 11.1. The van der Waals surface area contributed by atoms with Gasteiger partial charge in [-0.3, -0.25) is 0 Å². The second-order valence-corrected chi connectivity index (χ2v) is 22.4. The molecule has 0 heterocycles. The van der Waals surface area contributed by atoms with Crippen LogP contribution in [-0.4, -0.2) is 39.8 Å². The maximum Gasteiger partial charge on any atom is 0.392 e. The Labute approximate surface area is 509 Å². The molecule has 0 spiro atoms. The highest BCUT2D eigenvalue weighted by Crippen LogP contribution is 2.51. The van der Waals surface area contributed by atoms with Crippen molar-refractivity contribution in [2.24, 2.45) is 11.8 Å². The number of unbranched alkanes of at least 4 members (excludes halogenated alkanes) is 2. The number of alkyl halides is 10. The molecule has 0 aliphatic carbocycles. The Hall–Kier alpha value is -7.50. The number of rotatable bonds is 28. The predicted molar refractivity (Wildman–Crippen MR) is 318 cm³/mol. The van der Waals surface area contributed by atoms with Gasteiger partial charge in [0.15, 0.2) is 0 Å². The van der Waals surface area contributed by atoms with E-state index in [0.717, 1.165) is 63.2 Å². The molecule has 0 N–H and O–H groups in total. The zero-order valence-electron chi connectivity index (χ0n) is 49.6. The second-order valence-electron chi connectivity index (χ2n) is 22.4. The van der Waals surface area contributed by atoms with E-state index in [4.69, 9.17) is 14.2 Å². The molecule has 0 fully saturated rings. The summed E-state index contributed by atoms with van der Waals surface area (Å²) in [6.07, 6.45) is -9.42. The summed E-state index contributed by atoms with van der Waals surface area (Å²) in [6, 6.07) is 34.9. The SMILES string of the molecule is CCCCc1ccc(-c2ccc(Cc3ccccc3C(F)(F)c3c(Oc4ccc(CC(CCOC)C(F)(F)F)c(F)c4C(F)(F)c4ccccc4Cc4ccc(-c5ccc(CCCC)cc5F)cc4)ccc(CC(CCOC)C(F)(F)F)c3F)cc2)c(F)c1. The average Bonchev–Trinajstić information content (AvgIpc) is 0.834. The van der Waals surface area contributed by atoms with Crippen LogP contribution in [0.25, 0.3) is 22.3 Å². The minimum absolute atomic E-state index is 0.133. The molecule has 0 saturated heterocycles. The van der Waals surface area contributed by atoms with Crippen LogP contribution < -0.4 is 4.74 Å². The lowest BCUT2D eigenvalue weighted by Crippen LogP contribution is -2.28. The van der Waals surface area contributed by atoms with Gasteiger partial charge in [0.25, 0.3) is 0 Å². The first-order chi connectivity index (χ1) is 42.4. The number of hydrogen-bond donors (Lipinski definition) is 0. The van der Waals surface area contributed by atoms with Gasteiger partial charge >= 0.3 is 24.2 Å². The quantitative estimate of drug-likeness (QED) is 0.0458. The first-order valence-electron chi connectivity index (χ1n) is 29.5. The van der Waals surface area contributed by atoms with E-state index in [-0.39, 0.29) is 35.1 Å². The number of ether oxygens (including phenoxy) is 3. The Balaban J connectivity index is 1.23. The zero-order valence-corrected chi connectivity index (χ0v) is 49.6. The van der Waals surface area contributed by atoms with Gasteiger partial charge in [-0.05, 0) is 144 Å². The van der Waals surface area contributed by atoms with Gasteiger partial charge in [-0.1, -0.05) is 160 Å². The fourth-order valence-electron chi connectivity index (χ4n) is 11.1. The molecule has 0 aromatic heterocycles. The lowest BCUT2D eigenvalue weighted by molar-refractivity contribution is -0.179. The highest BCUT2D eigenvalue weighted by Gasteiger charge is 2.48. The van der Waals surface area contributed by atoms with Crippen LogP contribution in [0.3, 0.4) is 0 Å². The number of benzene rings is 8. The van der Waals surface area contributed by atoms with E-state index in [0.29, 0.717) is 59.4 Å². The first-order valence-corrected chi connectivity index (χ1v) is 29.5. The smallest absolute Gasteiger partial charge is 0.392 e. The van der Waals surface area contributed by atoms with Gasteiger partial charge in [0.2, 0.25) is 0 Å². The fraction of sp³-hybridized carbons (Fsp3) is 0.333. The molecule has 472 valence electrons. The van der Waals surface area contributed by atoms with E-state index in [1.54, 1.807) is 60.7 Å². The third-order valence-corrected chi connectivity index (χ3v) is 16.1. The van der Waals surface area contributed by atoms with Crippen LogP contribution in [0.2, 0.25) is 0 Å². The third-order valence-electron chi connectivity index (χ3n) is 16.1. The van der Waals surface area contributed by atoms with Gasteiger partial charge < -0.3 is 14.2 Å². The maximum atomic E-state index is 18.1. The monoisotopic (exact) mass is 1250 g/mol. The Morgan fingerprint density at radius 3 is 1.10 bits per heavy atom. The minimum Gasteiger partial charge on any atom is -0.456 e. The van der Waals surface area contributed by atoms with Crippen molar-refractivity contribution in [3.05, 3.63) is 248 Å². The Bertz CT molecular complexity index is 3410. The molecular weight excluding hydrogens is 1180 g/mol. The summed E-state index contributed by atoms with van der Waals surface area (Å²) in [5, 5.41) is 0. The minimum atomic E-state index is -5.00. The van der Waals surface area contributed by atoms with Crippen molar-refractivity contribution in [2.45, 2.75) is 115 Å². The largest absolute Gasteiger partial charge is 0.456 e. The van der Waals surface area contributed by atoms with Crippen LogP contribution >= 0.6 is 0 Å². The lowest BCUT2D eigenvalue weighted by atomic mass is 9.88. The summed E-state index contributed by atoms with van der Waals surface area (Å²) < 4.78 is 241. The van der Waals surface area contributed by atoms with Crippen LogP contribution in [0, 0.1) is 35.1 Å². The van der Waals surface area contributed by atoms with Crippen LogP contribution in [-0.2, 0) is 59.8 Å². The van der Waals surface area contributed by atoms with Crippen LogP contribution in [0.1, 0.15) is 119 Å². The molecule has 2 unspecified atom stereocenters. The third kappa shape index (κ3) is 16.3. The Morgan fingerprint density at radius 1 is 0.404 bits per heavy atom. The number of halogens is 14. The maximum absolute atomic E-state index is 18.1. The van der Waals surface area contributed by atoms with Gasteiger partial charge in [-0.2, -0.15) is 43.9 Å². The molecule has 0 aliphatic heterocycles. The molecular formula is C72H68F14O3. The molecule has 0 saturated carbocycles. The normalized spacial score (nSPS) is 13.0. The summed E-state index contributed by atoms with van der Waals surface area (Å²) in [6.45, 7) is 3.13. The number of hydrogen-bond acceptors (Lipinski definition) is 3. The van der Waals surface area contributed by atoms with E-state index >= 15 is 35.1 Å². The van der Waals surface area contributed by atoms with Gasteiger partial charge in [-0.15, -0.1) is 0 Å². The van der Waals surface area contributed by atoms with Crippen LogP contribution in [0.4, 0.5) is 61.5 Å². The molecule has 89 heavy (non-hydrogen) atoms. The first kappa shape index (κ1) is 67.4. The highest BCUT2D eigenvalue weighted by atomic mass is 19.4. The molecule has 0 radical (unpaired) electrons. The summed E-state index contributed by atoms with van der Waals surface area (Å²) in [4.78, 5) is 0. The van der Waals surface area contributed by atoms with Crippen molar-refractivity contribution in [3.8, 4) is 33.8 Å². The number of aryl methyl sites for hydroxylation is 2. The number of methoxy groups -OCH3 is 2. The van der Waals surface area contributed by atoms with E-state index in [1.807, 2.05) is 26.0 Å². The molecule has 0 bridgehead atoms.